The molecule has 3 rings (SSSR count). The molecule has 2 N–H and O–H groups in total. The highest BCUT2D eigenvalue weighted by molar-refractivity contribution is 5.77. The van der Waals surface area contributed by atoms with E-state index in [1.165, 1.54) is 4.90 Å². The number of likely N-dealkylation sites (tertiary alicyclic amines) is 1. The summed E-state index contributed by atoms with van der Waals surface area (Å²) in [5.74, 6) is 0.309. The maximum atomic E-state index is 12.2. The number of para-hydroxylation sites is 2. The average Bonchev–Trinajstić information content (AvgIpc) is 3.20. The van der Waals surface area contributed by atoms with Crippen LogP contribution in [-0.4, -0.2) is 46.7 Å². The average molecular weight is 385 g/mol. The van der Waals surface area contributed by atoms with Crippen LogP contribution < -0.4 is 14.8 Å². The Morgan fingerprint density at radius 1 is 1.25 bits per heavy atom. The van der Waals surface area contributed by atoms with Crippen LogP contribution in [0, 0.1) is 5.92 Å². The van der Waals surface area contributed by atoms with Crippen LogP contribution in [0.1, 0.15) is 18.9 Å². The number of carboxylic acid groups (broad SMARTS) is 1. The van der Waals surface area contributed by atoms with E-state index in [4.69, 9.17) is 14.6 Å². The molecule has 28 heavy (non-hydrogen) atoms. The number of hydrogen-bond donors (Lipinski definition) is 2. The molecule has 8 heteroatoms. The largest absolute Gasteiger partial charge is 0.490 e. The standard InChI is InChI=1S/C20H23N3O5/c1-2-27-16-5-3-4-6-17(16)28-18-8-7-14(11-21-18)12-22-20(26)23-10-9-15(13-23)19(24)25/h3-8,11,15H,2,9-10,12-13H2,1H3,(H,22,26)(H,24,25). The Balaban J connectivity index is 1.52. The first-order valence-electron chi connectivity index (χ1n) is 9.17. The van der Waals surface area contributed by atoms with Gasteiger partial charge in [-0.1, -0.05) is 18.2 Å². The highest BCUT2D eigenvalue weighted by Gasteiger charge is 2.30. The Morgan fingerprint density at radius 3 is 2.68 bits per heavy atom. The predicted octanol–water partition coefficient (Wildman–Crippen LogP) is 2.89. The zero-order chi connectivity index (χ0) is 19.9. The molecule has 2 heterocycles. The smallest absolute Gasteiger partial charge is 0.317 e. The first kappa shape index (κ1) is 19.5. The van der Waals surface area contributed by atoms with Gasteiger partial charge in [0.1, 0.15) is 0 Å². The van der Waals surface area contributed by atoms with Gasteiger partial charge in [-0.2, -0.15) is 0 Å². The summed E-state index contributed by atoms with van der Waals surface area (Å²) >= 11 is 0. The molecule has 1 aromatic heterocycles. The zero-order valence-corrected chi connectivity index (χ0v) is 15.6. The van der Waals surface area contributed by atoms with Gasteiger partial charge in [-0.15, -0.1) is 0 Å². The highest BCUT2D eigenvalue weighted by atomic mass is 16.5. The number of hydrogen-bond acceptors (Lipinski definition) is 5. The second kappa shape index (κ2) is 9.07. The minimum absolute atomic E-state index is 0.242. The maximum Gasteiger partial charge on any atom is 0.317 e. The molecule has 148 valence electrons. The molecule has 2 aromatic rings. The van der Waals surface area contributed by atoms with Crippen LogP contribution in [0.4, 0.5) is 4.79 Å². The Morgan fingerprint density at radius 2 is 2.04 bits per heavy atom. The van der Waals surface area contributed by atoms with Gasteiger partial charge in [-0.25, -0.2) is 9.78 Å². The number of urea groups is 1. The van der Waals surface area contributed by atoms with Gasteiger partial charge in [-0.05, 0) is 31.0 Å². The molecule has 2 amide bonds. The fourth-order valence-electron chi connectivity index (χ4n) is 2.93. The van der Waals surface area contributed by atoms with E-state index in [1.807, 2.05) is 31.2 Å². The van der Waals surface area contributed by atoms with Crippen molar-refractivity contribution in [2.24, 2.45) is 5.92 Å². The lowest BCUT2D eigenvalue weighted by molar-refractivity contribution is -0.141. The fraction of sp³-hybridized carbons (Fsp3) is 0.350. The van der Waals surface area contributed by atoms with Crippen molar-refractivity contribution in [3.63, 3.8) is 0 Å². The SMILES string of the molecule is CCOc1ccccc1Oc1ccc(CNC(=O)N2CCC(C(=O)O)C2)cn1. The summed E-state index contributed by atoms with van der Waals surface area (Å²) in [4.78, 5) is 28.9. The van der Waals surface area contributed by atoms with Gasteiger partial charge in [-0.3, -0.25) is 4.79 Å². The van der Waals surface area contributed by atoms with Gasteiger partial charge >= 0.3 is 12.0 Å². The zero-order valence-electron chi connectivity index (χ0n) is 15.6. The van der Waals surface area contributed by atoms with E-state index < -0.39 is 11.9 Å². The first-order chi connectivity index (χ1) is 13.6. The minimum Gasteiger partial charge on any atom is -0.490 e. The fourth-order valence-corrected chi connectivity index (χ4v) is 2.93. The molecule has 0 spiro atoms. The van der Waals surface area contributed by atoms with Gasteiger partial charge in [0.05, 0.1) is 12.5 Å². The van der Waals surface area contributed by atoms with Crippen molar-refractivity contribution >= 4 is 12.0 Å². The number of aliphatic carboxylic acids is 1. The topological polar surface area (TPSA) is 101 Å². The van der Waals surface area contributed by atoms with Gasteiger partial charge in [0, 0.05) is 31.9 Å². The number of carbonyl (C=O) groups excluding carboxylic acids is 1. The summed E-state index contributed by atoms with van der Waals surface area (Å²) < 4.78 is 11.3. The van der Waals surface area contributed by atoms with Gasteiger partial charge < -0.3 is 24.8 Å². The third-order valence-electron chi connectivity index (χ3n) is 4.43. The van der Waals surface area contributed by atoms with Crippen molar-refractivity contribution < 1.29 is 24.2 Å². The Bertz CT molecular complexity index is 825. The number of amides is 2. The second-order valence-electron chi connectivity index (χ2n) is 6.42. The van der Waals surface area contributed by atoms with Crippen molar-refractivity contribution in [1.29, 1.82) is 0 Å². The molecule has 1 atom stereocenters. The number of nitrogens with one attached hydrogen (secondary N) is 1. The summed E-state index contributed by atoms with van der Waals surface area (Å²) in [5.41, 5.74) is 0.813. The van der Waals surface area contributed by atoms with Crippen molar-refractivity contribution in [1.82, 2.24) is 15.2 Å². The van der Waals surface area contributed by atoms with Crippen molar-refractivity contribution in [2.45, 2.75) is 19.9 Å². The molecule has 1 saturated heterocycles. The molecular formula is C20H23N3O5. The van der Waals surface area contributed by atoms with E-state index in [9.17, 15) is 9.59 Å². The lowest BCUT2D eigenvalue weighted by Crippen LogP contribution is -2.38. The van der Waals surface area contributed by atoms with Crippen LogP contribution in [0.15, 0.2) is 42.6 Å². The number of benzene rings is 1. The van der Waals surface area contributed by atoms with E-state index in [0.29, 0.717) is 43.5 Å². The molecule has 1 fully saturated rings. The third kappa shape index (κ3) is 4.91. The summed E-state index contributed by atoms with van der Waals surface area (Å²) in [5, 5.41) is 11.8. The van der Waals surface area contributed by atoms with E-state index >= 15 is 0 Å². The van der Waals surface area contributed by atoms with Crippen LogP contribution in [0.3, 0.4) is 0 Å². The number of nitrogens with zero attached hydrogens (tertiary/aromatic N) is 2. The van der Waals surface area contributed by atoms with Gasteiger partial charge in [0.15, 0.2) is 11.5 Å². The van der Waals surface area contributed by atoms with Crippen molar-refractivity contribution in [3.05, 3.63) is 48.2 Å². The first-order valence-corrected chi connectivity index (χ1v) is 9.17. The number of carboxylic acids is 1. The predicted molar refractivity (Wildman–Crippen MR) is 101 cm³/mol. The van der Waals surface area contributed by atoms with Crippen molar-refractivity contribution in [3.8, 4) is 17.4 Å². The molecule has 0 bridgehead atoms. The third-order valence-corrected chi connectivity index (χ3v) is 4.43. The Hall–Kier alpha value is -3.29. The van der Waals surface area contributed by atoms with Crippen LogP contribution in [0.25, 0.3) is 0 Å². The second-order valence-corrected chi connectivity index (χ2v) is 6.42. The lowest BCUT2D eigenvalue weighted by Gasteiger charge is -2.16. The quantitative estimate of drug-likeness (QED) is 0.760. The van der Waals surface area contributed by atoms with E-state index in [2.05, 4.69) is 10.3 Å². The van der Waals surface area contributed by atoms with E-state index in [0.717, 1.165) is 5.56 Å². The molecule has 0 aliphatic carbocycles. The van der Waals surface area contributed by atoms with Crippen LogP contribution in [0.5, 0.6) is 17.4 Å². The van der Waals surface area contributed by atoms with Gasteiger partial charge in [0.2, 0.25) is 5.88 Å². The molecule has 8 nitrogen and oxygen atoms in total. The summed E-state index contributed by atoms with van der Waals surface area (Å²) in [6.07, 6.45) is 2.11. The molecule has 1 aromatic carbocycles. The summed E-state index contributed by atoms with van der Waals surface area (Å²) in [7, 11) is 0. The van der Waals surface area contributed by atoms with Gasteiger partial charge in [0.25, 0.3) is 0 Å². The number of carbonyl (C=O) groups is 2. The number of pyridine rings is 1. The number of aromatic nitrogens is 1. The minimum atomic E-state index is -0.860. The normalized spacial score (nSPS) is 15.9. The summed E-state index contributed by atoms with van der Waals surface area (Å²) in [6.45, 7) is 3.44. The van der Waals surface area contributed by atoms with Crippen molar-refractivity contribution in [2.75, 3.05) is 19.7 Å². The molecule has 1 unspecified atom stereocenters. The van der Waals surface area contributed by atoms with E-state index in [1.54, 1.807) is 18.3 Å². The Labute approximate surface area is 163 Å². The van der Waals surface area contributed by atoms with Crippen LogP contribution in [0.2, 0.25) is 0 Å². The lowest BCUT2D eigenvalue weighted by atomic mass is 10.1. The number of ether oxygens (including phenoxy) is 2. The highest BCUT2D eigenvalue weighted by Crippen LogP contribution is 2.30. The summed E-state index contributed by atoms with van der Waals surface area (Å²) in [6, 6.07) is 10.6. The monoisotopic (exact) mass is 385 g/mol. The molecule has 1 aliphatic rings. The van der Waals surface area contributed by atoms with Crippen LogP contribution >= 0.6 is 0 Å². The number of rotatable bonds is 7. The molecule has 0 radical (unpaired) electrons. The van der Waals surface area contributed by atoms with E-state index in [-0.39, 0.29) is 12.6 Å². The van der Waals surface area contributed by atoms with Crippen LogP contribution in [-0.2, 0) is 11.3 Å². The molecule has 1 aliphatic heterocycles. The molecular weight excluding hydrogens is 362 g/mol. The Kier molecular flexibility index (Phi) is 6.31. The molecule has 0 saturated carbocycles. The maximum absolute atomic E-state index is 12.2.